The molecule has 0 saturated carbocycles. The summed E-state index contributed by atoms with van der Waals surface area (Å²) in [5.41, 5.74) is 3.60. The van der Waals surface area contributed by atoms with Gasteiger partial charge in [0.1, 0.15) is 5.69 Å². The Bertz CT molecular complexity index is 1120. The summed E-state index contributed by atoms with van der Waals surface area (Å²) < 4.78 is 24.5. The fourth-order valence-electron chi connectivity index (χ4n) is 2.36. The van der Waals surface area contributed by atoms with Gasteiger partial charge in [0.25, 0.3) is 0 Å². The van der Waals surface area contributed by atoms with E-state index in [0.717, 1.165) is 16.8 Å². The van der Waals surface area contributed by atoms with Crippen LogP contribution in [0.2, 0.25) is 0 Å². The number of benzene rings is 1. The molecule has 0 aliphatic carbocycles. The lowest BCUT2D eigenvalue weighted by Crippen LogP contribution is -2.13. The molecular formula is C21H21N3O2S. The zero-order chi connectivity index (χ0) is 19.4. The zero-order valence-electron chi connectivity index (χ0n) is 15.3. The van der Waals surface area contributed by atoms with Crippen LogP contribution >= 0.6 is 0 Å². The topological polar surface area (TPSA) is 72.8 Å². The molecule has 0 N–H and O–H groups in total. The first-order chi connectivity index (χ1) is 12.9. The molecule has 0 radical (unpaired) electrons. The van der Waals surface area contributed by atoms with Crippen LogP contribution < -0.4 is 0 Å². The largest absolute Gasteiger partial charge is 0.265 e. The Morgan fingerprint density at radius 3 is 2.30 bits per heavy atom. The van der Waals surface area contributed by atoms with Gasteiger partial charge in [-0.2, -0.15) is 0 Å². The first-order valence-corrected chi connectivity index (χ1v) is 10.0. The fraction of sp³-hybridized carbons (Fsp3) is 0.190. The smallest absolute Gasteiger partial charge is 0.180 e. The van der Waals surface area contributed by atoms with Gasteiger partial charge in [0, 0.05) is 24.9 Å². The second kappa shape index (κ2) is 7.68. The molecule has 0 bridgehead atoms. The van der Waals surface area contributed by atoms with E-state index >= 15 is 0 Å². The summed E-state index contributed by atoms with van der Waals surface area (Å²) in [7, 11) is -3.29. The van der Waals surface area contributed by atoms with Crippen molar-refractivity contribution in [1.29, 1.82) is 0 Å². The molecule has 0 fully saturated rings. The Hall–Kier alpha value is -3.04. The van der Waals surface area contributed by atoms with Crippen molar-refractivity contribution in [2.24, 2.45) is 0 Å². The summed E-state index contributed by atoms with van der Waals surface area (Å²) in [5, 5.41) is -0.461. The maximum absolute atomic E-state index is 12.2. The van der Waals surface area contributed by atoms with Crippen molar-refractivity contribution >= 4 is 9.84 Å². The predicted molar refractivity (Wildman–Crippen MR) is 107 cm³/mol. The van der Waals surface area contributed by atoms with Gasteiger partial charge in [0.2, 0.25) is 0 Å². The standard InChI is InChI=1S/C21H19N3O2S.H2/c1-15(2)27(25,26)19-7-5-18(6-8-19)21-14-23-16(3)20(24-21)9-4-17-10-12-22-13-11-17;/h5-8,10-15H,1-3H3;1H. The minimum atomic E-state index is -3.29. The van der Waals surface area contributed by atoms with Crippen LogP contribution in [0, 0.1) is 18.8 Å². The average molecular weight is 379 g/mol. The predicted octanol–water partition coefficient (Wildman–Crippen LogP) is 3.67. The molecule has 138 valence electrons. The van der Waals surface area contributed by atoms with E-state index in [1.165, 1.54) is 0 Å². The molecule has 5 nitrogen and oxygen atoms in total. The first kappa shape index (κ1) is 18.7. The SMILES string of the molecule is Cc1ncc(-c2ccc(S(=O)(=O)C(C)C)cc2)nc1C#Cc1ccncc1.[HH]. The van der Waals surface area contributed by atoms with Gasteiger partial charge in [-0.3, -0.25) is 9.97 Å². The van der Waals surface area contributed by atoms with E-state index in [4.69, 9.17) is 0 Å². The third-order valence-corrected chi connectivity index (χ3v) is 6.23. The molecule has 2 aromatic heterocycles. The highest BCUT2D eigenvalue weighted by atomic mass is 32.2. The van der Waals surface area contributed by atoms with E-state index in [1.54, 1.807) is 56.7 Å². The van der Waals surface area contributed by atoms with Gasteiger partial charge in [0.15, 0.2) is 9.84 Å². The normalized spacial score (nSPS) is 11.1. The van der Waals surface area contributed by atoms with Crippen LogP contribution in [0.4, 0.5) is 0 Å². The van der Waals surface area contributed by atoms with Gasteiger partial charge in [-0.25, -0.2) is 13.4 Å². The first-order valence-electron chi connectivity index (χ1n) is 8.48. The quantitative estimate of drug-likeness (QED) is 0.649. The van der Waals surface area contributed by atoms with Crippen LogP contribution in [0.15, 0.2) is 59.9 Å². The monoisotopic (exact) mass is 379 g/mol. The van der Waals surface area contributed by atoms with Crippen LogP contribution in [0.25, 0.3) is 11.3 Å². The average Bonchev–Trinajstić information content (AvgIpc) is 2.68. The molecule has 0 atom stereocenters. The van der Waals surface area contributed by atoms with Crippen LogP contribution in [-0.4, -0.2) is 28.6 Å². The summed E-state index contributed by atoms with van der Waals surface area (Å²) >= 11 is 0. The third-order valence-electron chi connectivity index (χ3n) is 4.06. The molecular weight excluding hydrogens is 358 g/mol. The highest BCUT2D eigenvalue weighted by molar-refractivity contribution is 7.92. The molecule has 3 rings (SSSR count). The molecule has 0 amide bonds. The van der Waals surface area contributed by atoms with E-state index in [9.17, 15) is 8.42 Å². The summed E-state index contributed by atoms with van der Waals surface area (Å²) in [6.45, 7) is 5.19. The lowest BCUT2D eigenvalue weighted by Gasteiger charge is -2.09. The van der Waals surface area contributed by atoms with Gasteiger partial charge in [0.05, 0.1) is 27.7 Å². The molecule has 0 aliphatic rings. The van der Waals surface area contributed by atoms with Crippen molar-refractivity contribution in [2.45, 2.75) is 30.9 Å². The molecule has 6 heteroatoms. The van der Waals surface area contributed by atoms with E-state index < -0.39 is 15.1 Å². The number of hydrogen-bond donors (Lipinski definition) is 0. The maximum atomic E-state index is 12.2. The van der Waals surface area contributed by atoms with Gasteiger partial charge < -0.3 is 0 Å². The summed E-state index contributed by atoms with van der Waals surface area (Å²) in [6.07, 6.45) is 5.04. The Balaban J connectivity index is 0.00000280. The van der Waals surface area contributed by atoms with E-state index in [1.807, 2.05) is 19.1 Å². The summed E-state index contributed by atoms with van der Waals surface area (Å²) in [5.74, 6) is 6.09. The lowest BCUT2D eigenvalue weighted by molar-refractivity contribution is 0.587. The molecule has 2 heterocycles. The third kappa shape index (κ3) is 4.21. The summed E-state index contributed by atoms with van der Waals surface area (Å²) in [4.78, 5) is 13.2. The van der Waals surface area contributed by atoms with E-state index in [2.05, 4.69) is 26.8 Å². The fourth-order valence-corrected chi connectivity index (χ4v) is 3.42. The zero-order valence-corrected chi connectivity index (χ0v) is 16.2. The molecule has 0 spiro atoms. The maximum Gasteiger partial charge on any atom is 0.180 e. The van der Waals surface area contributed by atoms with Crippen LogP contribution in [0.3, 0.4) is 0 Å². The Morgan fingerprint density at radius 1 is 1.00 bits per heavy atom. The second-order valence-electron chi connectivity index (χ2n) is 6.29. The molecule has 27 heavy (non-hydrogen) atoms. The second-order valence-corrected chi connectivity index (χ2v) is 8.80. The van der Waals surface area contributed by atoms with Crippen molar-refractivity contribution < 1.29 is 9.84 Å². The van der Waals surface area contributed by atoms with Gasteiger partial charge >= 0.3 is 0 Å². The highest BCUT2D eigenvalue weighted by Crippen LogP contribution is 2.22. The van der Waals surface area contributed by atoms with Crippen LogP contribution in [-0.2, 0) is 9.84 Å². The molecule has 0 unspecified atom stereocenters. The van der Waals surface area contributed by atoms with Crippen molar-refractivity contribution in [1.82, 2.24) is 15.0 Å². The Morgan fingerprint density at radius 2 is 1.67 bits per heavy atom. The number of rotatable bonds is 3. The Kier molecular flexibility index (Phi) is 5.33. The van der Waals surface area contributed by atoms with Gasteiger partial charge in [-0.1, -0.05) is 18.1 Å². The number of aromatic nitrogens is 3. The van der Waals surface area contributed by atoms with E-state index in [-0.39, 0.29) is 1.43 Å². The van der Waals surface area contributed by atoms with Crippen molar-refractivity contribution in [3.05, 3.63) is 71.9 Å². The van der Waals surface area contributed by atoms with Crippen molar-refractivity contribution in [3.8, 4) is 23.1 Å². The number of hydrogen-bond acceptors (Lipinski definition) is 5. The number of aryl methyl sites for hydroxylation is 1. The van der Waals surface area contributed by atoms with Crippen molar-refractivity contribution in [2.75, 3.05) is 0 Å². The van der Waals surface area contributed by atoms with Gasteiger partial charge in [-0.05, 0) is 51.0 Å². The molecule has 1 aromatic carbocycles. The number of pyridine rings is 1. The van der Waals surface area contributed by atoms with Crippen molar-refractivity contribution in [3.63, 3.8) is 0 Å². The molecule has 3 aromatic rings. The highest BCUT2D eigenvalue weighted by Gasteiger charge is 2.19. The Labute approximate surface area is 161 Å². The molecule has 0 aliphatic heterocycles. The van der Waals surface area contributed by atoms with Gasteiger partial charge in [-0.15, -0.1) is 0 Å². The lowest BCUT2D eigenvalue weighted by atomic mass is 10.1. The number of nitrogens with zero attached hydrogens (tertiary/aromatic N) is 3. The van der Waals surface area contributed by atoms with E-state index in [0.29, 0.717) is 16.3 Å². The molecule has 0 saturated heterocycles. The minimum Gasteiger partial charge on any atom is -0.265 e. The van der Waals surface area contributed by atoms with Crippen LogP contribution in [0.1, 0.15) is 32.2 Å². The minimum absolute atomic E-state index is 0. The van der Waals surface area contributed by atoms with Crippen LogP contribution in [0.5, 0.6) is 0 Å². The number of sulfone groups is 1. The summed E-state index contributed by atoms with van der Waals surface area (Å²) in [6, 6.07) is 10.4.